The van der Waals surface area contributed by atoms with Crippen LogP contribution in [0.25, 0.3) is 0 Å². The Balaban J connectivity index is 1.94. The zero-order valence-corrected chi connectivity index (χ0v) is 14.1. The number of ether oxygens (including phenoxy) is 1. The smallest absolute Gasteiger partial charge is 0.410 e. The van der Waals surface area contributed by atoms with Crippen LogP contribution in [0.4, 0.5) is 24.7 Å². The summed E-state index contributed by atoms with van der Waals surface area (Å²) in [6.07, 6.45) is -3.16. The predicted octanol–water partition coefficient (Wildman–Crippen LogP) is 3.40. The number of hydrogen-bond donors (Lipinski definition) is 0. The van der Waals surface area contributed by atoms with Gasteiger partial charge >= 0.3 is 6.18 Å². The number of methoxy groups -OCH3 is 1. The Kier molecular flexibility index (Phi) is 4.89. The van der Waals surface area contributed by atoms with Crippen molar-refractivity contribution in [2.75, 3.05) is 36.5 Å². The van der Waals surface area contributed by atoms with Crippen LogP contribution in [0.2, 0.25) is 5.28 Å². The normalized spacial score (nSPS) is 18.4. The van der Waals surface area contributed by atoms with E-state index in [0.29, 0.717) is 6.54 Å². The molecule has 5 nitrogen and oxygen atoms in total. The fourth-order valence-corrected chi connectivity index (χ4v) is 3.01. The van der Waals surface area contributed by atoms with Crippen LogP contribution in [0, 0.1) is 0 Å². The lowest BCUT2D eigenvalue weighted by Gasteiger charge is -2.43. The van der Waals surface area contributed by atoms with E-state index in [-0.39, 0.29) is 29.9 Å². The zero-order chi connectivity index (χ0) is 18.0. The first-order valence-corrected chi connectivity index (χ1v) is 7.98. The molecular formula is C16H16ClF3N4O. The van der Waals surface area contributed by atoms with E-state index >= 15 is 0 Å². The van der Waals surface area contributed by atoms with Crippen molar-refractivity contribution >= 4 is 23.1 Å². The van der Waals surface area contributed by atoms with Crippen LogP contribution in [0.3, 0.4) is 0 Å². The molecule has 0 N–H and O–H groups in total. The Bertz CT molecular complexity index is 729. The summed E-state index contributed by atoms with van der Waals surface area (Å²) in [4.78, 5) is 10.6. The van der Waals surface area contributed by atoms with Crippen molar-refractivity contribution in [3.63, 3.8) is 0 Å². The number of para-hydroxylation sites is 1. The molecule has 0 saturated carbocycles. The number of piperazine rings is 1. The van der Waals surface area contributed by atoms with Gasteiger partial charge in [-0.15, -0.1) is 0 Å². The third-order valence-electron chi connectivity index (χ3n) is 4.08. The van der Waals surface area contributed by atoms with E-state index in [9.17, 15) is 13.2 Å². The van der Waals surface area contributed by atoms with Gasteiger partial charge in [0.15, 0.2) is 11.6 Å². The van der Waals surface area contributed by atoms with Crippen LogP contribution in [0.1, 0.15) is 0 Å². The Morgan fingerprint density at radius 1 is 1.20 bits per heavy atom. The number of halogens is 4. The molecule has 2 aromatic rings. The number of anilines is 2. The first kappa shape index (κ1) is 17.6. The molecule has 1 aromatic carbocycles. The molecule has 1 aromatic heterocycles. The molecule has 2 heterocycles. The van der Waals surface area contributed by atoms with Gasteiger partial charge in [0, 0.05) is 25.3 Å². The zero-order valence-electron chi connectivity index (χ0n) is 13.4. The fourth-order valence-electron chi connectivity index (χ4n) is 2.88. The average molecular weight is 373 g/mol. The highest BCUT2D eigenvalue weighted by Gasteiger charge is 2.47. The van der Waals surface area contributed by atoms with Crippen molar-refractivity contribution in [2.24, 2.45) is 0 Å². The summed E-state index contributed by atoms with van der Waals surface area (Å²) in [5.41, 5.74) is 0.754. The van der Waals surface area contributed by atoms with E-state index in [1.54, 1.807) is 29.2 Å². The first-order valence-electron chi connectivity index (χ1n) is 7.60. The molecule has 1 aliphatic rings. The molecular weight excluding hydrogens is 357 g/mol. The number of hydrogen-bond acceptors (Lipinski definition) is 5. The number of alkyl halides is 3. The van der Waals surface area contributed by atoms with Gasteiger partial charge in [-0.3, -0.25) is 0 Å². The monoisotopic (exact) mass is 372 g/mol. The standard InChI is InChI=1S/C16H16ClF3N4O/c1-25-12-9-21-15(17)22-14(12)24-8-7-23(10-13(24)16(18,19)20)11-5-3-2-4-6-11/h2-6,9,13H,7-8,10H2,1H3. The van der Waals surface area contributed by atoms with Crippen molar-refractivity contribution in [1.82, 2.24) is 9.97 Å². The third kappa shape index (κ3) is 3.73. The van der Waals surface area contributed by atoms with Crippen molar-refractivity contribution in [2.45, 2.75) is 12.2 Å². The number of nitrogens with zero attached hydrogens (tertiary/aromatic N) is 4. The van der Waals surface area contributed by atoms with Crippen LogP contribution < -0.4 is 14.5 Å². The second-order valence-corrected chi connectivity index (χ2v) is 5.90. The third-order valence-corrected chi connectivity index (χ3v) is 4.26. The summed E-state index contributed by atoms with van der Waals surface area (Å²) in [6.45, 7) is 0.336. The highest BCUT2D eigenvalue weighted by Crippen LogP contribution is 2.36. The maximum atomic E-state index is 13.7. The minimum atomic E-state index is -4.43. The minimum Gasteiger partial charge on any atom is -0.491 e. The SMILES string of the molecule is COc1cnc(Cl)nc1N1CCN(c2ccccc2)CC1C(F)(F)F. The van der Waals surface area contributed by atoms with Gasteiger partial charge in [0.25, 0.3) is 0 Å². The molecule has 0 spiro atoms. The van der Waals surface area contributed by atoms with E-state index in [1.807, 2.05) is 6.07 Å². The van der Waals surface area contributed by atoms with Crippen molar-refractivity contribution in [3.8, 4) is 5.75 Å². The summed E-state index contributed by atoms with van der Waals surface area (Å²) in [6, 6.07) is 7.29. The summed E-state index contributed by atoms with van der Waals surface area (Å²) in [7, 11) is 1.36. The number of rotatable bonds is 3. The highest BCUT2D eigenvalue weighted by atomic mass is 35.5. The molecule has 1 fully saturated rings. The largest absolute Gasteiger partial charge is 0.491 e. The van der Waals surface area contributed by atoms with E-state index in [0.717, 1.165) is 5.69 Å². The first-order chi connectivity index (χ1) is 11.9. The van der Waals surface area contributed by atoms with Gasteiger partial charge in [0.2, 0.25) is 5.28 Å². The molecule has 0 aliphatic carbocycles. The van der Waals surface area contributed by atoms with E-state index < -0.39 is 12.2 Å². The van der Waals surface area contributed by atoms with Crippen molar-refractivity contribution in [1.29, 1.82) is 0 Å². The summed E-state index contributed by atoms with van der Waals surface area (Å²) in [5.74, 6) is 0.212. The molecule has 1 saturated heterocycles. The molecule has 0 radical (unpaired) electrons. The van der Waals surface area contributed by atoms with Gasteiger partial charge in [-0.1, -0.05) is 18.2 Å². The summed E-state index contributed by atoms with van der Waals surface area (Å²) >= 11 is 5.78. The molecule has 9 heteroatoms. The maximum Gasteiger partial charge on any atom is 0.410 e. The van der Waals surface area contributed by atoms with Gasteiger partial charge in [0.05, 0.1) is 13.3 Å². The molecule has 1 aliphatic heterocycles. The second-order valence-electron chi connectivity index (χ2n) is 5.56. The second kappa shape index (κ2) is 6.95. The van der Waals surface area contributed by atoms with Gasteiger partial charge in [-0.25, -0.2) is 4.98 Å². The van der Waals surface area contributed by atoms with E-state index in [4.69, 9.17) is 16.3 Å². The molecule has 1 unspecified atom stereocenters. The highest BCUT2D eigenvalue weighted by molar-refractivity contribution is 6.28. The fraction of sp³-hybridized carbons (Fsp3) is 0.375. The molecule has 3 rings (SSSR count). The van der Waals surface area contributed by atoms with Gasteiger partial charge in [-0.05, 0) is 23.7 Å². The van der Waals surface area contributed by atoms with E-state index in [1.165, 1.54) is 18.2 Å². The lowest BCUT2D eigenvalue weighted by atomic mass is 10.1. The van der Waals surface area contributed by atoms with Crippen LogP contribution in [-0.4, -0.2) is 48.9 Å². The van der Waals surface area contributed by atoms with Crippen LogP contribution >= 0.6 is 11.6 Å². The topological polar surface area (TPSA) is 41.5 Å². The Labute approximate surface area is 148 Å². The lowest BCUT2D eigenvalue weighted by molar-refractivity contribution is -0.148. The molecule has 134 valence electrons. The lowest BCUT2D eigenvalue weighted by Crippen LogP contribution is -2.59. The van der Waals surface area contributed by atoms with Gasteiger partial charge in [0.1, 0.15) is 6.04 Å². The predicted molar refractivity (Wildman–Crippen MR) is 89.4 cm³/mol. The summed E-state index contributed by atoms with van der Waals surface area (Å²) < 4.78 is 46.3. The van der Waals surface area contributed by atoms with Crippen molar-refractivity contribution in [3.05, 3.63) is 41.8 Å². The number of benzene rings is 1. The molecule has 25 heavy (non-hydrogen) atoms. The van der Waals surface area contributed by atoms with Crippen LogP contribution in [-0.2, 0) is 0 Å². The maximum absolute atomic E-state index is 13.7. The van der Waals surface area contributed by atoms with Crippen LogP contribution in [0.15, 0.2) is 36.5 Å². The molecule has 0 bridgehead atoms. The molecule has 0 amide bonds. The van der Waals surface area contributed by atoms with Gasteiger partial charge < -0.3 is 14.5 Å². The Morgan fingerprint density at radius 2 is 1.92 bits per heavy atom. The summed E-state index contributed by atoms with van der Waals surface area (Å²) in [5, 5.41) is -0.123. The minimum absolute atomic E-state index is 0.0533. The van der Waals surface area contributed by atoms with Crippen molar-refractivity contribution < 1.29 is 17.9 Å². The Morgan fingerprint density at radius 3 is 2.56 bits per heavy atom. The van der Waals surface area contributed by atoms with E-state index in [2.05, 4.69) is 9.97 Å². The van der Waals surface area contributed by atoms with Crippen LogP contribution in [0.5, 0.6) is 5.75 Å². The molecule has 1 atom stereocenters. The quantitative estimate of drug-likeness (QED) is 0.772. The number of aromatic nitrogens is 2. The Hall–Kier alpha value is -2.22. The van der Waals surface area contributed by atoms with Gasteiger partial charge in [-0.2, -0.15) is 18.2 Å². The average Bonchev–Trinajstić information content (AvgIpc) is 2.61.